The van der Waals surface area contributed by atoms with E-state index < -0.39 is 0 Å². The molecule has 1 N–H and O–H groups in total. The first-order valence-corrected chi connectivity index (χ1v) is 12.3. The molecular weight excluding hydrogens is 460 g/mol. The summed E-state index contributed by atoms with van der Waals surface area (Å²) in [6, 6.07) is 23.6. The van der Waals surface area contributed by atoms with Gasteiger partial charge in [-0.3, -0.25) is 9.36 Å². The number of aromatic nitrogens is 3. The van der Waals surface area contributed by atoms with Gasteiger partial charge in [0.15, 0.2) is 5.16 Å². The summed E-state index contributed by atoms with van der Waals surface area (Å²) < 4.78 is 13.0. The predicted molar refractivity (Wildman–Crippen MR) is 139 cm³/mol. The Morgan fingerprint density at radius 2 is 1.80 bits per heavy atom. The summed E-state index contributed by atoms with van der Waals surface area (Å²) in [5, 5.41) is 12.5. The number of rotatable bonds is 10. The maximum absolute atomic E-state index is 12.8. The third-order valence-electron chi connectivity index (χ3n) is 5.27. The molecule has 0 fully saturated rings. The summed E-state index contributed by atoms with van der Waals surface area (Å²) in [4.78, 5) is 12.8. The zero-order valence-electron chi connectivity index (χ0n) is 20.0. The molecule has 0 spiro atoms. The predicted octanol–water partition coefficient (Wildman–Crippen LogP) is 5.30. The highest BCUT2D eigenvalue weighted by atomic mass is 32.2. The molecule has 4 aromatic rings. The highest BCUT2D eigenvalue weighted by Gasteiger charge is 2.17. The number of nitrogens with zero attached hydrogens (tertiary/aromatic N) is 3. The van der Waals surface area contributed by atoms with Crippen LogP contribution in [0.3, 0.4) is 0 Å². The third-order valence-corrected chi connectivity index (χ3v) is 6.20. The molecule has 180 valence electrons. The molecule has 0 aliphatic heterocycles. The zero-order valence-corrected chi connectivity index (χ0v) is 20.8. The van der Waals surface area contributed by atoms with E-state index in [4.69, 9.17) is 9.47 Å². The van der Waals surface area contributed by atoms with Gasteiger partial charge in [-0.25, -0.2) is 0 Å². The van der Waals surface area contributed by atoms with E-state index in [2.05, 4.69) is 27.6 Å². The molecule has 3 aromatic carbocycles. The monoisotopic (exact) mass is 488 g/mol. The maximum atomic E-state index is 12.8. The third kappa shape index (κ3) is 6.22. The average molecular weight is 489 g/mol. The van der Waals surface area contributed by atoms with E-state index in [1.165, 1.54) is 11.8 Å². The smallest absolute Gasteiger partial charge is 0.234 e. The lowest BCUT2D eigenvalue weighted by molar-refractivity contribution is -0.113. The molecule has 0 radical (unpaired) electrons. The summed E-state index contributed by atoms with van der Waals surface area (Å²) in [6.07, 6.45) is 0.619. The van der Waals surface area contributed by atoms with E-state index in [-0.39, 0.29) is 11.7 Å². The number of methoxy groups -OCH3 is 1. The van der Waals surface area contributed by atoms with E-state index in [0.29, 0.717) is 29.6 Å². The molecule has 0 atom stereocenters. The summed E-state index contributed by atoms with van der Waals surface area (Å²) in [6.45, 7) is 4.53. The van der Waals surface area contributed by atoms with Gasteiger partial charge in [0.05, 0.1) is 25.2 Å². The largest absolute Gasteiger partial charge is 0.495 e. The summed E-state index contributed by atoms with van der Waals surface area (Å²) in [5.74, 6) is 2.25. The normalized spacial score (nSPS) is 10.7. The van der Waals surface area contributed by atoms with Gasteiger partial charge in [-0.05, 0) is 61.4 Å². The van der Waals surface area contributed by atoms with Crippen molar-refractivity contribution in [2.45, 2.75) is 25.4 Å². The van der Waals surface area contributed by atoms with Crippen LogP contribution < -0.4 is 14.8 Å². The Morgan fingerprint density at radius 1 is 1.03 bits per heavy atom. The van der Waals surface area contributed by atoms with E-state index in [0.717, 1.165) is 28.4 Å². The van der Waals surface area contributed by atoms with Crippen molar-refractivity contribution in [3.05, 3.63) is 89.7 Å². The lowest BCUT2D eigenvalue weighted by atomic mass is 10.1. The number of ether oxygens (including phenoxy) is 2. The van der Waals surface area contributed by atoms with Crippen LogP contribution in [0.4, 0.5) is 5.69 Å². The van der Waals surface area contributed by atoms with E-state index in [1.54, 1.807) is 7.11 Å². The average Bonchev–Trinajstić information content (AvgIpc) is 3.26. The van der Waals surface area contributed by atoms with Crippen LogP contribution in [0.25, 0.3) is 5.69 Å². The van der Waals surface area contributed by atoms with Crippen molar-refractivity contribution < 1.29 is 14.3 Å². The zero-order chi connectivity index (χ0) is 24.6. The fourth-order valence-corrected chi connectivity index (χ4v) is 4.41. The molecule has 0 saturated carbocycles. The molecule has 7 nitrogen and oxygen atoms in total. The molecule has 4 rings (SSSR count). The van der Waals surface area contributed by atoms with Gasteiger partial charge in [0.25, 0.3) is 0 Å². The van der Waals surface area contributed by atoms with Crippen molar-refractivity contribution in [3.8, 4) is 17.2 Å². The molecule has 0 saturated heterocycles. The maximum Gasteiger partial charge on any atom is 0.234 e. The second-order valence-corrected chi connectivity index (χ2v) is 8.81. The van der Waals surface area contributed by atoms with Gasteiger partial charge < -0.3 is 14.8 Å². The van der Waals surface area contributed by atoms with Crippen molar-refractivity contribution >= 4 is 23.4 Å². The first-order valence-electron chi connectivity index (χ1n) is 11.4. The molecule has 0 bridgehead atoms. The quantitative estimate of drug-likeness (QED) is 0.305. The van der Waals surface area contributed by atoms with Crippen LogP contribution >= 0.6 is 11.8 Å². The van der Waals surface area contributed by atoms with Crippen LogP contribution in [-0.2, 0) is 11.2 Å². The number of thioether (sulfide) groups is 1. The van der Waals surface area contributed by atoms with Crippen LogP contribution in [0, 0.1) is 6.92 Å². The van der Waals surface area contributed by atoms with Crippen molar-refractivity contribution in [1.82, 2.24) is 14.8 Å². The van der Waals surface area contributed by atoms with Gasteiger partial charge in [0.1, 0.15) is 17.3 Å². The SMILES string of the molecule is CCOc1ccc(-n2c(Cc3ccccc3)nnc2SCC(=O)Nc2cc(C)ccc2OC)cc1. The second-order valence-electron chi connectivity index (χ2n) is 7.86. The van der Waals surface area contributed by atoms with Gasteiger partial charge in [0, 0.05) is 12.1 Å². The summed E-state index contributed by atoms with van der Waals surface area (Å²) >= 11 is 1.34. The number of carbonyl (C=O) groups is 1. The number of hydrogen-bond donors (Lipinski definition) is 1. The van der Waals surface area contributed by atoms with Crippen molar-refractivity contribution in [1.29, 1.82) is 0 Å². The van der Waals surface area contributed by atoms with Gasteiger partial charge in [-0.2, -0.15) is 0 Å². The minimum Gasteiger partial charge on any atom is -0.495 e. The second kappa shape index (κ2) is 11.6. The molecule has 0 aliphatic rings. The molecule has 8 heteroatoms. The van der Waals surface area contributed by atoms with Crippen LogP contribution in [0.1, 0.15) is 23.9 Å². The van der Waals surface area contributed by atoms with Gasteiger partial charge in [-0.15, -0.1) is 10.2 Å². The number of carbonyl (C=O) groups excluding carboxylic acids is 1. The molecule has 0 unspecified atom stereocenters. The lowest BCUT2D eigenvalue weighted by Crippen LogP contribution is -2.15. The molecule has 35 heavy (non-hydrogen) atoms. The Bertz CT molecular complexity index is 1270. The first kappa shape index (κ1) is 24.3. The highest BCUT2D eigenvalue weighted by Crippen LogP contribution is 2.27. The minimum atomic E-state index is -0.148. The Kier molecular flexibility index (Phi) is 8.05. The lowest BCUT2D eigenvalue weighted by Gasteiger charge is -2.12. The van der Waals surface area contributed by atoms with Crippen LogP contribution in [-0.4, -0.2) is 40.1 Å². The first-order chi connectivity index (χ1) is 17.1. The summed E-state index contributed by atoms with van der Waals surface area (Å²) in [7, 11) is 1.59. The van der Waals surface area contributed by atoms with Crippen LogP contribution in [0.5, 0.6) is 11.5 Å². The van der Waals surface area contributed by atoms with Gasteiger partial charge >= 0.3 is 0 Å². The molecule has 1 aromatic heterocycles. The fourth-order valence-electron chi connectivity index (χ4n) is 3.64. The van der Waals surface area contributed by atoms with Crippen molar-refractivity contribution in [2.24, 2.45) is 0 Å². The highest BCUT2D eigenvalue weighted by molar-refractivity contribution is 7.99. The number of anilines is 1. The Morgan fingerprint density at radius 3 is 2.51 bits per heavy atom. The Balaban J connectivity index is 1.56. The number of amides is 1. The Hall–Kier alpha value is -3.78. The molecular formula is C27H28N4O3S. The summed E-state index contributed by atoms with van der Waals surface area (Å²) in [5.41, 5.74) is 3.73. The minimum absolute atomic E-state index is 0.148. The molecule has 1 heterocycles. The molecule has 1 amide bonds. The standard InChI is InChI=1S/C27H28N4O3S/c1-4-34-22-13-11-21(12-14-22)31-25(17-20-8-6-5-7-9-20)29-30-27(31)35-18-26(32)28-23-16-19(2)10-15-24(23)33-3/h5-16H,4,17-18H2,1-3H3,(H,28,32). The number of nitrogens with one attached hydrogen (secondary N) is 1. The number of benzene rings is 3. The Labute approximate surface area is 209 Å². The topological polar surface area (TPSA) is 78.3 Å². The van der Waals surface area contributed by atoms with Gasteiger partial charge in [-0.1, -0.05) is 48.2 Å². The van der Waals surface area contributed by atoms with E-state index in [1.807, 2.05) is 79.1 Å². The van der Waals surface area contributed by atoms with E-state index >= 15 is 0 Å². The van der Waals surface area contributed by atoms with E-state index in [9.17, 15) is 4.79 Å². The van der Waals surface area contributed by atoms with Crippen molar-refractivity contribution in [3.63, 3.8) is 0 Å². The fraction of sp³-hybridized carbons (Fsp3) is 0.222. The van der Waals surface area contributed by atoms with Crippen LogP contribution in [0.15, 0.2) is 78.0 Å². The number of hydrogen-bond acceptors (Lipinski definition) is 6. The van der Waals surface area contributed by atoms with Gasteiger partial charge in [0.2, 0.25) is 5.91 Å². The van der Waals surface area contributed by atoms with Crippen molar-refractivity contribution in [2.75, 3.05) is 24.8 Å². The molecule has 0 aliphatic carbocycles. The number of aryl methyl sites for hydroxylation is 1. The van der Waals surface area contributed by atoms with Crippen LogP contribution in [0.2, 0.25) is 0 Å².